The van der Waals surface area contributed by atoms with E-state index >= 15 is 0 Å². The van der Waals surface area contributed by atoms with Crippen LogP contribution in [0.5, 0.6) is 0 Å². The van der Waals surface area contributed by atoms with E-state index < -0.39 is 0 Å². The molecule has 0 aromatic heterocycles. The van der Waals surface area contributed by atoms with Crippen LogP contribution in [0.3, 0.4) is 0 Å². The molecule has 0 spiro atoms. The molecular formula is C61H45N. The van der Waals surface area contributed by atoms with Crippen LogP contribution >= 0.6 is 0 Å². The SMILES string of the molecule is CC1(C)c2cc(N(c3ccc4c(c3)c3ccccc3c3c(-c5ccccc5)c(-c5ccccc5)cc(-c5ccccc5)c43)c3cccc4ccccc34)ccc2C2C=CC=CC21. The van der Waals surface area contributed by atoms with Gasteiger partial charge in [0.2, 0.25) is 0 Å². The smallest absolute Gasteiger partial charge is 0.0540 e. The third kappa shape index (κ3) is 5.62. The number of allylic oxidation sites excluding steroid dienone is 4. The third-order valence-electron chi connectivity index (χ3n) is 13.9. The van der Waals surface area contributed by atoms with Crippen LogP contribution in [0.15, 0.2) is 224 Å². The molecule has 10 aromatic carbocycles. The minimum absolute atomic E-state index is 0.0108. The van der Waals surface area contributed by atoms with Crippen molar-refractivity contribution in [2.24, 2.45) is 5.92 Å². The van der Waals surface area contributed by atoms with Crippen LogP contribution in [-0.2, 0) is 5.41 Å². The summed E-state index contributed by atoms with van der Waals surface area (Å²) in [5.74, 6) is 0.832. The topological polar surface area (TPSA) is 3.24 Å². The monoisotopic (exact) mass is 791 g/mol. The van der Waals surface area contributed by atoms with Gasteiger partial charge in [-0.2, -0.15) is 0 Å². The second-order valence-corrected chi connectivity index (χ2v) is 17.6. The van der Waals surface area contributed by atoms with E-state index in [1.807, 2.05) is 0 Å². The van der Waals surface area contributed by atoms with Gasteiger partial charge in [0.25, 0.3) is 0 Å². The Morgan fingerprint density at radius 2 is 1.00 bits per heavy atom. The van der Waals surface area contributed by atoms with Gasteiger partial charge in [-0.05, 0) is 130 Å². The second kappa shape index (κ2) is 14.3. The summed E-state index contributed by atoms with van der Waals surface area (Å²) in [4.78, 5) is 2.51. The number of benzene rings is 10. The number of hydrogen-bond donors (Lipinski definition) is 0. The van der Waals surface area contributed by atoms with Crippen LogP contribution in [0.1, 0.15) is 30.9 Å². The average Bonchev–Trinajstić information content (AvgIpc) is 3.57. The standard InChI is InChI=1S/C61H45N/c1-61(2)55-31-17-16-29-48(55)49-35-33-45(38-56(49)61)62(57-32-18-26-40-23-12-13-27-46(40)57)44-34-36-51-54(37-44)47-28-14-15-30-50(47)60-58(43-24-10-5-11-25-43)52(41-19-6-3-7-20-41)39-53(59(51)60)42-21-8-4-9-22-42/h3-39,48,55H,1-2H3. The Balaban J connectivity index is 1.19. The van der Waals surface area contributed by atoms with E-state index in [4.69, 9.17) is 0 Å². The molecule has 0 radical (unpaired) electrons. The molecule has 0 fully saturated rings. The molecule has 0 saturated heterocycles. The van der Waals surface area contributed by atoms with Crippen molar-refractivity contribution in [2.75, 3.05) is 4.90 Å². The Labute approximate surface area is 363 Å². The Morgan fingerprint density at radius 3 is 1.76 bits per heavy atom. The van der Waals surface area contributed by atoms with Gasteiger partial charge in [-0.1, -0.05) is 202 Å². The molecule has 0 heterocycles. The van der Waals surface area contributed by atoms with Crippen LogP contribution < -0.4 is 4.90 Å². The lowest BCUT2D eigenvalue weighted by Crippen LogP contribution is -2.24. The molecule has 2 atom stereocenters. The highest BCUT2D eigenvalue weighted by Crippen LogP contribution is 2.55. The van der Waals surface area contributed by atoms with Crippen molar-refractivity contribution in [3.05, 3.63) is 236 Å². The second-order valence-electron chi connectivity index (χ2n) is 17.6. The summed E-state index contributed by atoms with van der Waals surface area (Å²) < 4.78 is 0. The van der Waals surface area contributed by atoms with E-state index in [0.29, 0.717) is 11.8 Å². The van der Waals surface area contributed by atoms with Crippen molar-refractivity contribution in [3.63, 3.8) is 0 Å². The van der Waals surface area contributed by atoms with Gasteiger partial charge in [-0.15, -0.1) is 0 Å². The average molecular weight is 792 g/mol. The fourth-order valence-electron chi connectivity index (χ4n) is 11.0. The molecule has 10 aromatic rings. The normalized spacial score (nSPS) is 16.2. The molecule has 1 heteroatoms. The van der Waals surface area contributed by atoms with Crippen LogP contribution in [0.4, 0.5) is 17.1 Å². The summed E-state index contributed by atoms with van der Waals surface area (Å²) in [7, 11) is 0. The van der Waals surface area contributed by atoms with E-state index in [1.165, 1.54) is 99.0 Å². The van der Waals surface area contributed by atoms with Crippen molar-refractivity contribution in [2.45, 2.75) is 25.2 Å². The van der Waals surface area contributed by atoms with E-state index in [9.17, 15) is 0 Å². The largest absolute Gasteiger partial charge is 0.310 e. The van der Waals surface area contributed by atoms with Crippen molar-refractivity contribution in [1.29, 1.82) is 0 Å². The van der Waals surface area contributed by atoms with Gasteiger partial charge in [0, 0.05) is 22.7 Å². The zero-order valence-corrected chi connectivity index (χ0v) is 35.0. The maximum absolute atomic E-state index is 2.51. The quantitative estimate of drug-likeness (QED) is 0.152. The minimum Gasteiger partial charge on any atom is -0.310 e. The molecule has 0 aliphatic heterocycles. The van der Waals surface area contributed by atoms with Crippen molar-refractivity contribution >= 4 is 60.2 Å². The summed E-state index contributed by atoms with van der Waals surface area (Å²) in [6.45, 7) is 4.85. The lowest BCUT2D eigenvalue weighted by Gasteiger charge is -2.31. The Kier molecular flexibility index (Phi) is 8.40. The molecule has 0 amide bonds. The molecule has 0 N–H and O–H groups in total. The minimum atomic E-state index is -0.0108. The summed E-state index contributed by atoms with van der Waals surface area (Å²) in [6.07, 6.45) is 9.27. The molecule has 0 bridgehead atoms. The lowest BCUT2D eigenvalue weighted by molar-refractivity contribution is 0.394. The number of fused-ring (bicyclic) bond motifs is 10. The highest BCUT2D eigenvalue weighted by molar-refractivity contribution is 6.33. The van der Waals surface area contributed by atoms with Gasteiger partial charge >= 0.3 is 0 Å². The molecule has 2 aliphatic rings. The highest BCUT2D eigenvalue weighted by atomic mass is 15.1. The van der Waals surface area contributed by atoms with Crippen molar-refractivity contribution in [3.8, 4) is 33.4 Å². The van der Waals surface area contributed by atoms with Crippen molar-refractivity contribution < 1.29 is 0 Å². The lowest BCUT2D eigenvalue weighted by atomic mass is 9.74. The number of anilines is 3. The van der Waals surface area contributed by atoms with Crippen LogP contribution in [0.25, 0.3) is 76.5 Å². The molecule has 2 unspecified atom stereocenters. The van der Waals surface area contributed by atoms with E-state index in [2.05, 4.69) is 243 Å². The fourth-order valence-corrected chi connectivity index (χ4v) is 11.0. The Bertz CT molecular complexity index is 3420. The van der Waals surface area contributed by atoms with Crippen molar-refractivity contribution in [1.82, 2.24) is 0 Å². The van der Waals surface area contributed by atoms with Crippen LogP contribution in [0.2, 0.25) is 0 Å². The Morgan fingerprint density at radius 1 is 0.419 bits per heavy atom. The third-order valence-corrected chi connectivity index (χ3v) is 13.9. The zero-order valence-electron chi connectivity index (χ0n) is 35.0. The van der Waals surface area contributed by atoms with Gasteiger partial charge in [-0.25, -0.2) is 0 Å². The van der Waals surface area contributed by atoms with Gasteiger partial charge in [0.15, 0.2) is 0 Å². The molecular weight excluding hydrogens is 747 g/mol. The fraction of sp³-hybridized carbons (Fsp3) is 0.0820. The summed E-state index contributed by atoms with van der Waals surface area (Å²) >= 11 is 0. The molecule has 0 saturated carbocycles. The Hall–Kier alpha value is -7.48. The van der Waals surface area contributed by atoms with E-state index in [1.54, 1.807) is 0 Å². The first-order valence-corrected chi connectivity index (χ1v) is 21.9. The molecule has 12 rings (SSSR count). The summed E-state index contributed by atoms with van der Waals surface area (Å²) in [6, 6.07) is 74.4. The molecule has 1 nitrogen and oxygen atoms in total. The van der Waals surface area contributed by atoms with Gasteiger partial charge in [-0.3, -0.25) is 0 Å². The van der Waals surface area contributed by atoms with Crippen LogP contribution in [-0.4, -0.2) is 0 Å². The van der Waals surface area contributed by atoms with Crippen LogP contribution in [0, 0.1) is 5.92 Å². The van der Waals surface area contributed by atoms with Gasteiger partial charge in [0.1, 0.15) is 0 Å². The maximum atomic E-state index is 2.51. The number of rotatable bonds is 6. The predicted octanol–water partition coefficient (Wildman–Crippen LogP) is 16.9. The van der Waals surface area contributed by atoms with Gasteiger partial charge < -0.3 is 4.90 Å². The van der Waals surface area contributed by atoms with E-state index in [-0.39, 0.29) is 5.41 Å². The first-order valence-electron chi connectivity index (χ1n) is 21.9. The highest BCUT2D eigenvalue weighted by Gasteiger charge is 2.44. The predicted molar refractivity (Wildman–Crippen MR) is 265 cm³/mol. The summed E-state index contributed by atoms with van der Waals surface area (Å²) in [5, 5.41) is 9.99. The number of hydrogen-bond acceptors (Lipinski definition) is 1. The first kappa shape index (κ1) is 36.4. The maximum Gasteiger partial charge on any atom is 0.0540 e. The van der Waals surface area contributed by atoms with E-state index in [0.717, 1.165) is 5.69 Å². The number of nitrogens with zero attached hydrogens (tertiary/aromatic N) is 1. The summed E-state index contributed by atoms with van der Waals surface area (Å²) in [5.41, 5.74) is 13.7. The zero-order chi connectivity index (χ0) is 41.4. The molecule has 62 heavy (non-hydrogen) atoms. The molecule has 294 valence electrons. The van der Waals surface area contributed by atoms with Gasteiger partial charge in [0.05, 0.1) is 5.69 Å². The first-order chi connectivity index (χ1) is 30.5. The molecule has 2 aliphatic carbocycles.